The molecule has 1 aliphatic carbocycles. The van der Waals surface area contributed by atoms with Gasteiger partial charge in [-0.2, -0.15) is 0 Å². The molecule has 0 spiro atoms. The highest BCUT2D eigenvalue weighted by atomic mass is 16.5. The molecule has 1 aromatic heterocycles. The number of fused-ring (bicyclic) bond motifs is 1. The molecule has 0 bridgehead atoms. The van der Waals surface area contributed by atoms with Gasteiger partial charge in [0.15, 0.2) is 0 Å². The van der Waals surface area contributed by atoms with Crippen molar-refractivity contribution in [3.8, 4) is 0 Å². The number of anilines is 2. The van der Waals surface area contributed by atoms with Crippen LogP contribution in [0.25, 0.3) is 0 Å². The van der Waals surface area contributed by atoms with Gasteiger partial charge < -0.3 is 19.6 Å². The van der Waals surface area contributed by atoms with Gasteiger partial charge >= 0.3 is 0 Å². The third kappa shape index (κ3) is 4.92. The first-order chi connectivity index (χ1) is 16.5. The van der Waals surface area contributed by atoms with E-state index in [9.17, 15) is 5.11 Å². The topological polar surface area (TPSA) is 73.8 Å². The van der Waals surface area contributed by atoms with E-state index in [0.717, 1.165) is 55.1 Å². The summed E-state index contributed by atoms with van der Waals surface area (Å²) in [4.78, 5) is 14.4. The average Bonchev–Trinajstić information content (AvgIpc) is 3.20. The molecule has 2 saturated heterocycles. The predicted molar refractivity (Wildman–Crippen MR) is 135 cm³/mol. The van der Waals surface area contributed by atoms with Crippen LogP contribution in [0, 0.1) is 12.8 Å². The highest BCUT2D eigenvalue weighted by Gasteiger charge is 2.41. The summed E-state index contributed by atoms with van der Waals surface area (Å²) in [5.74, 6) is 2.62. The van der Waals surface area contributed by atoms with E-state index in [0.29, 0.717) is 12.1 Å². The molecule has 1 saturated carbocycles. The van der Waals surface area contributed by atoms with Crippen LogP contribution in [0.3, 0.4) is 0 Å². The van der Waals surface area contributed by atoms with E-state index >= 15 is 0 Å². The number of aliphatic hydroxyl groups is 1. The second-order valence-electron chi connectivity index (χ2n) is 10.3. The van der Waals surface area contributed by atoms with Gasteiger partial charge in [0.1, 0.15) is 17.9 Å². The summed E-state index contributed by atoms with van der Waals surface area (Å²) in [5.41, 5.74) is 2.95. The zero-order valence-electron chi connectivity index (χ0n) is 20.8. The Balaban J connectivity index is 1.28. The first kappa shape index (κ1) is 23.5. The van der Waals surface area contributed by atoms with Gasteiger partial charge in [0.25, 0.3) is 0 Å². The van der Waals surface area contributed by atoms with E-state index in [-0.39, 0.29) is 6.04 Å². The number of benzene rings is 1. The quantitative estimate of drug-likeness (QED) is 0.622. The maximum absolute atomic E-state index is 10.9. The van der Waals surface area contributed by atoms with Crippen LogP contribution in [0.5, 0.6) is 0 Å². The lowest BCUT2D eigenvalue weighted by molar-refractivity contribution is 0.122. The Kier molecular flexibility index (Phi) is 7.04. The molecule has 3 heterocycles. The molecule has 2 N–H and O–H groups in total. The van der Waals surface area contributed by atoms with Crippen molar-refractivity contribution in [3.63, 3.8) is 0 Å². The number of hydrogen-bond acceptors (Lipinski definition) is 7. The van der Waals surface area contributed by atoms with Gasteiger partial charge in [-0.05, 0) is 63.6 Å². The highest BCUT2D eigenvalue weighted by molar-refractivity contribution is 5.48. The molecular weight excluding hydrogens is 426 g/mol. The van der Waals surface area contributed by atoms with Gasteiger partial charge in [0, 0.05) is 43.0 Å². The minimum atomic E-state index is -0.763. The largest absolute Gasteiger partial charge is 0.378 e. The number of aryl methyl sites for hydroxylation is 1. The maximum atomic E-state index is 10.9. The van der Waals surface area contributed by atoms with Crippen molar-refractivity contribution in [3.05, 3.63) is 47.4 Å². The standard InChI is InChI=1S/C27H39N5O2/c1-18-16-22-6-4-5-7-25(22)32(18)26-17-24(29-20(3)30-26)19(2)28-27(33)21-8-10-23(11-9-21)31-12-14-34-15-13-31/h8-11,17-19,22,25,27-28,33H,4-7,12-16H2,1-3H3/t18?,19-,22?,25?,27?/m0/s1. The minimum absolute atomic E-state index is 0.102. The number of aromatic nitrogens is 2. The molecular formula is C27H39N5O2. The Morgan fingerprint density at radius 3 is 2.59 bits per heavy atom. The summed E-state index contributed by atoms with van der Waals surface area (Å²) in [6.07, 6.45) is 5.78. The Morgan fingerprint density at radius 1 is 1.09 bits per heavy atom. The first-order valence-electron chi connectivity index (χ1n) is 13.0. The summed E-state index contributed by atoms with van der Waals surface area (Å²) in [6.45, 7) is 9.71. The zero-order valence-corrected chi connectivity index (χ0v) is 20.8. The summed E-state index contributed by atoms with van der Waals surface area (Å²) in [5, 5.41) is 14.2. The van der Waals surface area contributed by atoms with Crippen LogP contribution >= 0.6 is 0 Å². The number of nitrogens with one attached hydrogen (secondary N) is 1. The van der Waals surface area contributed by atoms with Crippen LogP contribution in [0.1, 0.15) is 75.3 Å². The zero-order chi connectivity index (χ0) is 23.7. The highest BCUT2D eigenvalue weighted by Crippen LogP contribution is 2.41. The summed E-state index contributed by atoms with van der Waals surface area (Å²) in [7, 11) is 0. The molecule has 5 atom stereocenters. The van der Waals surface area contributed by atoms with E-state index in [1.54, 1.807) is 0 Å². The lowest BCUT2D eigenvalue weighted by Crippen LogP contribution is -2.38. The van der Waals surface area contributed by atoms with Crippen LogP contribution < -0.4 is 15.1 Å². The third-order valence-corrected chi connectivity index (χ3v) is 7.89. The van der Waals surface area contributed by atoms with Crippen molar-refractivity contribution in [2.24, 2.45) is 5.92 Å². The van der Waals surface area contributed by atoms with Gasteiger partial charge in [0.05, 0.1) is 18.9 Å². The molecule has 5 rings (SSSR count). The van der Waals surface area contributed by atoms with E-state index in [4.69, 9.17) is 14.7 Å². The molecule has 2 aromatic rings. The van der Waals surface area contributed by atoms with E-state index in [1.165, 1.54) is 37.8 Å². The lowest BCUT2D eigenvalue weighted by Gasteiger charge is -2.34. The average molecular weight is 466 g/mol. The van der Waals surface area contributed by atoms with E-state index < -0.39 is 6.23 Å². The molecule has 3 fully saturated rings. The maximum Gasteiger partial charge on any atom is 0.133 e. The van der Waals surface area contributed by atoms with Crippen LogP contribution in [-0.4, -0.2) is 53.5 Å². The molecule has 0 radical (unpaired) electrons. The van der Waals surface area contributed by atoms with Crippen LogP contribution in [0.2, 0.25) is 0 Å². The summed E-state index contributed by atoms with van der Waals surface area (Å²) < 4.78 is 5.44. The molecule has 7 nitrogen and oxygen atoms in total. The Hall–Kier alpha value is -2.22. The number of hydrogen-bond donors (Lipinski definition) is 2. The second-order valence-corrected chi connectivity index (χ2v) is 10.3. The monoisotopic (exact) mass is 465 g/mol. The van der Waals surface area contributed by atoms with Gasteiger partial charge in [-0.1, -0.05) is 25.0 Å². The van der Waals surface area contributed by atoms with Crippen molar-refractivity contribution in [1.29, 1.82) is 0 Å². The van der Waals surface area contributed by atoms with Crippen LogP contribution in [0.15, 0.2) is 30.3 Å². The smallest absolute Gasteiger partial charge is 0.133 e. The van der Waals surface area contributed by atoms with Gasteiger partial charge in [-0.3, -0.25) is 5.32 Å². The number of morpholine rings is 1. The Labute approximate surface area is 203 Å². The molecule has 184 valence electrons. The molecule has 2 aliphatic heterocycles. The molecule has 3 aliphatic rings. The number of nitrogens with zero attached hydrogens (tertiary/aromatic N) is 4. The molecule has 4 unspecified atom stereocenters. The molecule has 1 aromatic carbocycles. The van der Waals surface area contributed by atoms with E-state index in [2.05, 4.69) is 47.2 Å². The summed E-state index contributed by atoms with van der Waals surface area (Å²) >= 11 is 0. The second kappa shape index (κ2) is 10.2. The van der Waals surface area contributed by atoms with Crippen molar-refractivity contribution in [1.82, 2.24) is 15.3 Å². The number of rotatable bonds is 6. The fraction of sp³-hybridized carbons (Fsp3) is 0.630. The molecule has 0 amide bonds. The van der Waals surface area contributed by atoms with Crippen LogP contribution in [0.4, 0.5) is 11.5 Å². The first-order valence-corrected chi connectivity index (χ1v) is 13.0. The van der Waals surface area contributed by atoms with Gasteiger partial charge in [-0.25, -0.2) is 9.97 Å². The van der Waals surface area contributed by atoms with Gasteiger partial charge in [0.2, 0.25) is 0 Å². The fourth-order valence-corrected chi connectivity index (χ4v) is 6.14. The normalized spacial score (nSPS) is 26.9. The van der Waals surface area contributed by atoms with Gasteiger partial charge in [-0.15, -0.1) is 0 Å². The van der Waals surface area contributed by atoms with E-state index in [1.807, 2.05) is 19.1 Å². The predicted octanol–water partition coefficient (Wildman–Crippen LogP) is 4.12. The third-order valence-electron chi connectivity index (χ3n) is 7.89. The number of ether oxygens (including phenoxy) is 1. The van der Waals surface area contributed by atoms with Crippen LogP contribution in [-0.2, 0) is 4.74 Å². The van der Waals surface area contributed by atoms with Crippen molar-refractivity contribution in [2.45, 2.75) is 77.2 Å². The summed E-state index contributed by atoms with van der Waals surface area (Å²) in [6, 6.07) is 11.3. The minimum Gasteiger partial charge on any atom is -0.378 e. The Morgan fingerprint density at radius 2 is 1.82 bits per heavy atom. The number of aliphatic hydroxyl groups excluding tert-OH is 1. The van der Waals surface area contributed by atoms with Crippen molar-refractivity contribution in [2.75, 3.05) is 36.1 Å². The van der Waals surface area contributed by atoms with Crippen molar-refractivity contribution < 1.29 is 9.84 Å². The van der Waals surface area contributed by atoms with Crippen molar-refractivity contribution >= 4 is 11.5 Å². The Bertz CT molecular complexity index is 962. The lowest BCUT2D eigenvalue weighted by atomic mass is 9.85. The molecule has 7 heteroatoms. The SMILES string of the molecule is Cc1nc([C@H](C)NC(O)c2ccc(N3CCOCC3)cc2)cc(N2C(C)CC3CCCCC32)n1. The molecule has 34 heavy (non-hydrogen) atoms. The fourth-order valence-electron chi connectivity index (χ4n) is 6.14.